The summed E-state index contributed by atoms with van der Waals surface area (Å²) in [6, 6.07) is 8.58. The molecular weight excluding hydrogens is 548 g/mol. The van der Waals surface area contributed by atoms with E-state index >= 15 is 4.39 Å². The van der Waals surface area contributed by atoms with Crippen molar-refractivity contribution in [3.05, 3.63) is 42.9 Å². The smallest absolute Gasteiger partial charge is 0.459 e. The van der Waals surface area contributed by atoms with Crippen LogP contribution in [-0.4, -0.2) is 67.5 Å². The number of aliphatic hydroxyl groups is 1. The molecule has 0 saturated carbocycles. The molecule has 6 atom stereocenters. The average molecular weight is 578 g/mol. The van der Waals surface area contributed by atoms with Gasteiger partial charge in [-0.1, -0.05) is 18.2 Å². The standard InChI is InChI=1S/C24H29FN7O7P/c1-14(2)37-22(34)15(3)31-40(35,39-16-8-6-5-7-9-16)36-11-18-19(33)23(4,25)24(12-26,38-18)32-21-17(10-30-32)20(27)28-13-29-21/h5-10,13-15,18-19,33H,11H2,1-4H3,(H,31,35)(H2,27,28,29)/t15-,18+,19+,23+,24+,40-/m0/s1. The molecule has 3 heterocycles. The van der Waals surface area contributed by atoms with E-state index in [-0.39, 0.29) is 22.6 Å². The second-order valence-corrected chi connectivity index (χ2v) is 11.2. The van der Waals surface area contributed by atoms with Crippen LogP contribution in [0, 0.1) is 11.3 Å². The van der Waals surface area contributed by atoms with E-state index < -0.39 is 56.1 Å². The Morgan fingerprint density at radius 1 is 1.35 bits per heavy atom. The molecule has 0 bridgehead atoms. The number of halogens is 1. The second-order valence-electron chi connectivity index (χ2n) is 9.52. The van der Waals surface area contributed by atoms with Gasteiger partial charge in [0.15, 0.2) is 11.3 Å². The van der Waals surface area contributed by atoms with Crippen molar-refractivity contribution in [3.8, 4) is 11.8 Å². The van der Waals surface area contributed by atoms with Gasteiger partial charge in [-0.2, -0.15) is 20.1 Å². The van der Waals surface area contributed by atoms with Gasteiger partial charge in [-0.15, -0.1) is 0 Å². The first kappa shape index (κ1) is 29.3. The van der Waals surface area contributed by atoms with Crippen LogP contribution >= 0.6 is 7.75 Å². The van der Waals surface area contributed by atoms with Crippen LogP contribution in [0.3, 0.4) is 0 Å². The molecule has 1 aliphatic heterocycles. The lowest BCUT2D eigenvalue weighted by Crippen LogP contribution is -2.52. The summed E-state index contributed by atoms with van der Waals surface area (Å²) in [6.07, 6.45) is -1.59. The van der Waals surface area contributed by atoms with Crippen LogP contribution < -0.4 is 15.3 Å². The van der Waals surface area contributed by atoms with Crippen molar-refractivity contribution in [1.29, 1.82) is 5.26 Å². The summed E-state index contributed by atoms with van der Waals surface area (Å²) in [6.45, 7) is 4.94. The fraction of sp³-hybridized carbons (Fsp3) is 0.458. The quantitative estimate of drug-likeness (QED) is 0.234. The number of nitrogen functional groups attached to an aromatic ring is 1. The normalized spacial score (nSPS) is 26.8. The third-order valence-corrected chi connectivity index (χ3v) is 7.82. The zero-order chi connectivity index (χ0) is 29.3. The molecule has 0 amide bonds. The molecule has 16 heteroatoms. The lowest BCUT2D eigenvalue weighted by molar-refractivity contribution is -0.149. The highest BCUT2D eigenvalue weighted by Crippen LogP contribution is 2.50. The lowest BCUT2D eigenvalue weighted by atomic mass is 9.90. The Bertz CT molecular complexity index is 1460. The number of nitrogens with two attached hydrogens (primary N) is 1. The predicted octanol–water partition coefficient (Wildman–Crippen LogP) is 2.21. The molecule has 214 valence electrons. The Hall–Kier alpha value is -3.67. The van der Waals surface area contributed by atoms with Crippen LogP contribution in [0.4, 0.5) is 10.2 Å². The minimum Gasteiger partial charge on any atom is -0.462 e. The fourth-order valence-corrected chi connectivity index (χ4v) is 5.61. The number of nitriles is 1. The molecule has 40 heavy (non-hydrogen) atoms. The number of carbonyl (C=O) groups excluding carboxylic acids is 1. The van der Waals surface area contributed by atoms with E-state index in [1.807, 2.05) is 0 Å². The first-order valence-electron chi connectivity index (χ1n) is 12.2. The number of para-hydroxylation sites is 1. The molecule has 14 nitrogen and oxygen atoms in total. The van der Waals surface area contributed by atoms with Gasteiger partial charge in [0.1, 0.15) is 42.2 Å². The Balaban J connectivity index is 1.61. The molecule has 3 aromatic rings. The van der Waals surface area contributed by atoms with E-state index in [1.54, 1.807) is 38.1 Å². The third kappa shape index (κ3) is 5.36. The molecule has 4 rings (SSSR count). The molecular formula is C24H29FN7O7P. The Kier molecular flexibility index (Phi) is 8.11. The Morgan fingerprint density at radius 2 is 2.05 bits per heavy atom. The fourth-order valence-electron chi connectivity index (χ4n) is 4.11. The van der Waals surface area contributed by atoms with Gasteiger partial charge in [0.2, 0.25) is 0 Å². The highest BCUT2D eigenvalue weighted by molar-refractivity contribution is 7.52. The maximum absolute atomic E-state index is 16.2. The molecule has 1 saturated heterocycles. The number of ether oxygens (including phenoxy) is 2. The van der Waals surface area contributed by atoms with Crippen molar-refractivity contribution in [2.45, 2.75) is 63.4 Å². The first-order chi connectivity index (χ1) is 18.8. The minimum absolute atomic E-state index is 0.0102. The van der Waals surface area contributed by atoms with Crippen molar-refractivity contribution in [2.24, 2.45) is 0 Å². The van der Waals surface area contributed by atoms with Gasteiger partial charge in [-0.3, -0.25) is 9.32 Å². The second kappa shape index (κ2) is 11.1. The van der Waals surface area contributed by atoms with Crippen molar-refractivity contribution >= 4 is 30.6 Å². The van der Waals surface area contributed by atoms with Crippen molar-refractivity contribution in [1.82, 2.24) is 24.8 Å². The number of alkyl halides is 1. The van der Waals surface area contributed by atoms with Gasteiger partial charge >= 0.3 is 13.7 Å². The van der Waals surface area contributed by atoms with Crippen molar-refractivity contribution < 1.29 is 37.4 Å². The van der Waals surface area contributed by atoms with Gasteiger partial charge in [0, 0.05) is 0 Å². The monoisotopic (exact) mass is 577 g/mol. The number of benzene rings is 1. The molecule has 0 spiro atoms. The van der Waals surface area contributed by atoms with E-state index in [2.05, 4.69) is 20.2 Å². The Morgan fingerprint density at radius 3 is 2.70 bits per heavy atom. The highest BCUT2D eigenvalue weighted by atomic mass is 31.2. The van der Waals surface area contributed by atoms with Crippen LogP contribution in [0.25, 0.3) is 11.0 Å². The minimum atomic E-state index is -4.38. The maximum Gasteiger partial charge on any atom is 0.459 e. The van der Waals surface area contributed by atoms with E-state index in [0.29, 0.717) is 0 Å². The average Bonchev–Trinajstić information content (AvgIpc) is 3.41. The molecule has 2 aromatic heterocycles. The predicted molar refractivity (Wildman–Crippen MR) is 138 cm³/mol. The Labute approximate surface area is 228 Å². The number of hydrogen-bond acceptors (Lipinski definition) is 12. The van der Waals surface area contributed by atoms with E-state index in [1.165, 1.54) is 25.3 Å². The summed E-state index contributed by atoms with van der Waals surface area (Å²) in [4.78, 5) is 20.3. The van der Waals surface area contributed by atoms with Crippen LogP contribution in [0.15, 0.2) is 42.9 Å². The van der Waals surface area contributed by atoms with Gasteiger partial charge in [-0.25, -0.2) is 18.9 Å². The summed E-state index contributed by atoms with van der Waals surface area (Å²) < 4.78 is 52.9. The van der Waals surface area contributed by atoms with Crippen LogP contribution in [0.5, 0.6) is 5.75 Å². The molecule has 1 aromatic carbocycles. The molecule has 1 fully saturated rings. The van der Waals surface area contributed by atoms with E-state index in [0.717, 1.165) is 17.9 Å². The molecule has 0 aliphatic carbocycles. The maximum atomic E-state index is 16.2. The van der Waals surface area contributed by atoms with Crippen LogP contribution in [0.2, 0.25) is 0 Å². The number of esters is 1. The summed E-state index contributed by atoms with van der Waals surface area (Å²) in [5.41, 5.74) is 0.553. The highest BCUT2D eigenvalue weighted by Gasteiger charge is 2.68. The van der Waals surface area contributed by atoms with Crippen LogP contribution in [0.1, 0.15) is 27.7 Å². The van der Waals surface area contributed by atoms with E-state index in [9.17, 15) is 19.7 Å². The number of carbonyl (C=O) groups is 1. The molecule has 4 N–H and O–H groups in total. The third-order valence-electron chi connectivity index (χ3n) is 6.17. The summed E-state index contributed by atoms with van der Waals surface area (Å²) in [5.74, 6) is -0.546. The summed E-state index contributed by atoms with van der Waals surface area (Å²) in [7, 11) is -4.38. The number of anilines is 1. The number of nitrogens with zero attached hydrogens (tertiary/aromatic N) is 5. The number of rotatable bonds is 10. The van der Waals surface area contributed by atoms with Crippen molar-refractivity contribution in [2.75, 3.05) is 12.3 Å². The van der Waals surface area contributed by atoms with Crippen LogP contribution in [-0.2, 0) is 29.1 Å². The van der Waals surface area contributed by atoms with E-state index in [4.69, 9.17) is 24.3 Å². The number of hydrogen-bond donors (Lipinski definition) is 3. The number of fused-ring (bicyclic) bond motifs is 1. The molecule has 1 aliphatic rings. The lowest BCUT2D eigenvalue weighted by Gasteiger charge is -2.31. The van der Waals surface area contributed by atoms with Gasteiger partial charge in [0.05, 0.1) is 24.3 Å². The molecule has 0 radical (unpaired) electrons. The van der Waals surface area contributed by atoms with Crippen molar-refractivity contribution in [3.63, 3.8) is 0 Å². The zero-order valence-corrected chi connectivity index (χ0v) is 23.0. The number of nitrogens with one attached hydrogen (secondary N) is 1. The van der Waals surface area contributed by atoms with Gasteiger partial charge < -0.3 is 24.8 Å². The topological polar surface area (TPSA) is 197 Å². The zero-order valence-electron chi connectivity index (χ0n) is 22.1. The summed E-state index contributed by atoms with van der Waals surface area (Å²) >= 11 is 0. The number of aliphatic hydroxyl groups excluding tert-OH is 1. The van der Waals surface area contributed by atoms with Gasteiger partial charge in [0.25, 0.3) is 5.72 Å². The SMILES string of the molecule is CC(C)OC(=O)[C@H](C)N[P@](=O)(OC[C@H]1O[C@@](C#N)(n2ncc3c(N)ncnc32)[C@](C)(F)[C@@H]1O)Oc1ccccc1. The summed E-state index contributed by atoms with van der Waals surface area (Å²) in [5, 5.41) is 27.8. The molecule has 0 unspecified atom stereocenters. The first-order valence-corrected chi connectivity index (χ1v) is 13.8. The number of aromatic nitrogens is 4. The van der Waals surface area contributed by atoms with Gasteiger partial charge in [-0.05, 0) is 39.8 Å². The largest absolute Gasteiger partial charge is 0.462 e.